The standard InChI is InChI=1S/C27H25FO2P.ClH/c1-29-25-18-17-22(28)19-21(25)20-31(23-11-5-3-6-12-23,24-13-7-4-8-14-24)27-16-10-9-15-26(27)30-2;/h3-19H,20H2,1-2H3;1H/q+1;/p-1. The highest BCUT2D eigenvalue weighted by Crippen LogP contribution is 2.60. The zero-order chi connectivity index (χ0) is 21.7. The number of para-hydroxylation sites is 1. The fourth-order valence-corrected chi connectivity index (χ4v) is 8.52. The Kier molecular flexibility index (Phi) is 7.90. The van der Waals surface area contributed by atoms with Crippen LogP contribution in [-0.4, -0.2) is 14.2 Å². The molecule has 5 heteroatoms. The van der Waals surface area contributed by atoms with Crippen molar-refractivity contribution in [1.82, 2.24) is 0 Å². The topological polar surface area (TPSA) is 18.5 Å². The highest BCUT2D eigenvalue weighted by atomic mass is 35.5. The number of ether oxygens (including phenoxy) is 2. The Morgan fingerprint density at radius 2 is 1.19 bits per heavy atom. The van der Waals surface area contributed by atoms with Crippen molar-refractivity contribution < 1.29 is 26.3 Å². The summed E-state index contributed by atoms with van der Waals surface area (Å²) in [5, 5.41) is 3.54. The number of methoxy groups -OCH3 is 2. The summed E-state index contributed by atoms with van der Waals surface area (Å²) in [7, 11) is 1.07. The minimum Gasteiger partial charge on any atom is -1.00 e. The largest absolute Gasteiger partial charge is 1.00 e. The summed E-state index contributed by atoms with van der Waals surface area (Å²) < 4.78 is 25.8. The van der Waals surface area contributed by atoms with Crippen LogP contribution in [0.25, 0.3) is 0 Å². The van der Waals surface area contributed by atoms with Crippen LogP contribution in [0.2, 0.25) is 0 Å². The summed E-state index contributed by atoms with van der Waals surface area (Å²) >= 11 is 0. The molecule has 0 saturated heterocycles. The van der Waals surface area contributed by atoms with Crippen LogP contribution in [0.5, 0.6) is 11.5 Å². The van der Waals surface area contributed by atoms with Crippen molar-refractivity contribution in [2.75, 3.05) is 14.2 Å². The molecule has 0 atom stereocenters. The van der Waals surface area contributed by atoms with E-state index in [-0.39, 0.29) is 18.2 Å². The molecule has 4 aromatic rings. The maximum atomic E-state index is 14.3. The summed E-state index contributed by atoms with van der Waals surface area (Å²) in [4.78, 5) is 0. The molecule has 0 saturated carbocycles. The summed E-state index contributed by atoms with van der Waals surface area (Å²) in [5.74, 6) is 1.25. The van der Waals surface area contributed by atoms with Crippen LogP contribution in [0, 0.1) is 5.82 Å². The maximum Gasteiger partial charge on any atom is 0.161 e. The van der Waals surface area contributed by atoms with Crippen LogP contribution in [-0.2, 0) is 6.16 Å². The Labute approximate surface area is 195 Å². The molecule has 0 unspecified atom stereocenters. The molecule has 0 aromatic heterocycles. The van der Waals surface area contributed by atoms with Crippen LogP contribution in [0.1, 0.15) is 5.56 Å². The Morgan fingerprint density at radius 1 is 0.656 bits per heavy atom. The van der Waals surface area contributed by atoms with Crippen molar-refractivity contribution in [1.29, 1.82) is 0 Å². The molecule has 0 heterocycles. The average molecular weight is 467 g/mol. The summed E-state index contributed by atoms with van der Waals surface area (Å²) in [6, 6.07) is 33.8. The Bertz CT molecular complexity index is 1110. The minimum atomic E-state index is -2.26. The normalized spacial score (nSPS) is 10.8. The van der Waals surface area contributed by atoms with E-state index in [1.54, 1.807) is 26.4 Å². The molecule has 0 fully saturated rings. The quantitative estimate of drug-likeness (QED) is 0.389. The maximum absolute atomic E-state index is 14.3. The van der Waals surface area contributed by atoms with E-state index in [0.717, 1.165) is 16.6 Å². The highest BCUT2D eigenvalue weighted by molar-refractivity contribution is 7.95. The predicted octanol–water partition coefficient (Wildman–Crippen LogP) is 2.34. The molecule has 0 spiro atoms. The van der Waals surface area contributed by atoms with Gasteiger partial charge in [0.15, 0.2) is 5.75 Å². The second-order valence-corrected chi connectivity index (χ2v) is 10.7. The van der Waals surface area contributed by atoms with Gasteiger partial charge < -0.3 is 21.9 Å². The van der Waals surface area contributed by atoms with Crippen molar-refractivity contribution in [3.8, 4) is 11.5 Å². The number of hydrogen-bond donors (Lipinski definition) is 0. The first-order valence-corrected chi connectivity index (χ1v) is 12.1. The van der Waals surface area contributed by atoms with Gasteiger partial charge in [0.2, 0.25) is 0 Å². The van der Waals surface area contributed by atoms with Crippen LogP contribution >= 0.6 is 7.26 Å². The zero-order valence-electron chi connectivity index (χ0n) is 18.0. The Balaban J connectivity index is 0.00000289. The predicted molar refractivity (Wildman–Crippen MR) is 128 cm³/mol. The Morgan fingerprint density at radius 3 is 1.75 bits per heavy atom. The monoisotopic (exact) mass is 466 g/mol. The molecule has 32 heavy (non-hydrogen) atoms. The average Bonchev–Trinajstić information content (AvgIpc) is 2.84. The third-order valence-corrected chi connectivity index (χ3v) is 9.91. The summed E-state index contributed by atoms with van der Waals surface area (Å²) in [5.41, 5.74) is 0.842. The smallest absolute Gasteiger partial charge is 0.161 e. The van der Waals surface area contributed by atoms with E-state index in [0.29, 0.717) is 11.9 Å². The lowest BCUT2D eigenvalue weighted by Gasteiger charge is -2.29. The molecule has 0 radical (unpaired) electrons. The van der Waals surface area contributed by atoms with Crippen LogP contribution in [0.4, 0.5) is 4.39 Å². The second-order valence-electron chi connectivity index (χ2n) is 7.27. The van der Waals surface area contributed by atoms with E-state index in [1.807, 2.05) is 30.3 Å². The van der Waals surface area contributed by atoms with Crippen LogP contribution < -0.4 is 37.8 Å². The molecule has 2 nitrogen and oxygen atoms in total. The van der Waals surface area contributed by atoms with Crippen LogP contribution in [0.15, 0.2) is 103 Å². The van der Waals surface area contributed by atoms with Gasteiger partial charge in [0.05, 0.1) is 14.2 Å². The van der Waals surface area contributed by atoms with Gasteiger partial charge in [-0.15, -0.1) is 0 Å². The van der Waals surface area contributed by atoms with Crippen LogP contribution in [0.3, 0.4) is 0 Å². The lowest BCUT2D eigenvalue weighted by atomic mass is 10.2. The van der Waals surface area contributed by atoms with Gasteiger partial charge >= 0.3 is 0 Å². The van der Waals surface area contributed by atoms with E-state index < -0.39 is 7.26 Å². The van der Waals surface area contributed by atoms with Gasteiger partial charge in [-0.25, -0.2) is 4.39 Å². The first-order valence-electron chi connectivity index (χ1n) is 10.1. The number of hydrogen-bond acceptors (Lipinski definition) is 2. The third kappa shape index (κ3) is 4.50. The number of benzene rings is 4. The summed E-state index contributed by atoms with van der Waals surface area (Å²) in [6.07, 6.45) is 0.613. The zero-order valence-corrected chi connectivity index (χ0v) is 19.7. The summed E-state index contributed by atoms with van der Waals surface area (Å²) in [6.45, 7) is 0. The van der Waals surface area contributed by atoms with Gasteiger partial charge in [-0.1, -0.05) is 48.5 Å². The molecular formula is C27H25ClFO2P. The van der Waals surface area contributed by atoms with Crippen molar-refractivity contribution in [3.05, 3.63) is 115 Å². The number of rotatable bonds is 7. The number of halogens is 2. The van der Waals surface area contributed by atoms with E-state index in [2.05, 4.69) is 54.6 Å². The van der Waals surface area contributed by atoms with E-state index in [1.165, 1.54) is 16.7 Å². The van der Waals surface area contributed by atoms with Crippen molar-refractivity contribution in [3.63, 3.8) is 0 Å². The van der Waals surface area contributed by atoms with Crippen molar-refractivity contribution in [2.24, 2.45) is 0 Å². The SMILES string of the molecule is COc1ccc(F)cc1C[P+](c1ccccc1)(c1ccccc1)c1ccccc1OC.[Cl-]. The van der Waals surface area contributed by atoms with Gasteiger partial charge in [0.1, 0.15) is 40.9 Å². The first kappa shape index (κ1) is 23.8. The molecule has 0 N–H and O–H groups in total. The van der Waals surface area contributed by atoms with Gasteiger partial charge in [-0.3, -0.25) is 0 Å². The van der Waals surface area contributed by atoms with E-state index in [9.17, 15) is 4.39 Å². The fourth-order valence-electron chi connectivity index (χ4n) is 4.13. The molecule has 4 rings (SSSR count). The minimum absolute atomic E-state index is 0. The molecule has 164 valence electrons. The molecule has 0 aliphatic carbocycles. The lowest BCUT2D eigenvalue weighted by molar-refractivity contribution is -0.00000727. The molecule has 0 bridgehead atoms. The second kappa shape index (κ2) is 10.6. The van der Waals surface area contributed by atoms with Gasteiger partial charge in [0.25, 0.3) is 0 Å². The Hall–Kier alpha value is -2.87. The highest BCUT2D eigenvalue weighted by Gasteiger charge is 2.48. The van der Waals surface area contributed by atoms with Gasteiger partial charge in [0, 0.05) is 5.56 Å². The molecular weight excluding hydrogens is 442 g/mol. The third-order valence-electron chi connectivity index (χ3n) is 5.54. The van der Waals surface area contributed by atoms with Crippen molar-refractivity contribution in [2.45, 2.75) is 6.16 Å². The fraction of sp³-hybridized carbons (Fsp3) is 0.111. The molecule has 0 aliphatic rings. The molecule has 0 aliphatic heterocycles. The van der Waals surface area contributed by atoms with Gasteiger partial charge in [-0.05, 0) is 54.6 Å². The van der Waals surface area contributed by atoms with E-state index >= 15 is 0 Å². The molecule has 0 amide bonds. The van der Waals surface area contributed by atoms with Crippen molar-refractivity contribution >= 4 is 23.2 Å². The lowest BCUT2D eigenvalue weighted by Crippen LogP contribution is -3.00. The van der Waals surface area contributed by atoms with Gasteiger partial charge in [-0.2, -0.15) is 0 Å². The first-order chi connectivity index (χ1) is 15.2. The molecule has 4 aromatic carbocycles. The van der Waals surface area contributed by atoms with E-state index in [4.69, 9.17) is 9.47 Å².